The van der Waals surface area contributed by atoms with Crippen LogP contribution in [-0.4, -0.2) is 50.2 Å². The Labute approximate surface area is 126 Å². The van der Waals surface area contributed by atoms with E-state index < -0.39 is 0 Å². The van der Waals surface area contributed by atoms with E-state index in [2.05, 4.69) is 26.1 Å². The second-order valence-electron chi connectivity index (χ2n) is 4.59. The normalized spacial score (nSPS) is 20.3. The van der Waals surface area contributed by atoms with Gasteiger partial charge in [-0.3, -0.25) is 4.79 Å². The van der Waals surface area contributed by atoms with Gasteiger partial charge in [0.05, 0.1) is 17.7 Å². The first-order chi connectivity index (χ1) is 9.06. The molecule has 19 heavy (non-hydrogen) atoms. The van der Waals surface area contributed by atoms with Gasteiger partial charge in [0.15, 0.2) is 0 Å². The number of morpholine rings is 1. The van der Waals surface area contributed by atoms with E-state index in [1.165, 1.54) is 0 Å². The lowest BCUT2D eigenvalue weighted by molar-refractivity contribution is -0.0175. The average Bonchev–Trinajstić information content (AvgIpc) is 2.39. The zero-order chi connectivity index (χ0) is 13.8. The predicted octanol–water partition coefficient (Wildman–Crippen LogP) is 2.16. The van der Waals surface area contributed by atoms with E-state index in [0.29, 0.717) is 23.7 Å². The fraction of sp³-hybridized carbons (Fsp3) is 0.462. The number of nitrogens with zero attached hydrogens (tertiary/aromatic N) is 1. The molecule has 0 aliphatic carbocycles. The van der Waals surface area contributed by atoms with Gasteiger partial charge in [-0.1, -0.05) is 11.6 Å². The Bertz CT molecular complexity index is 470. The quantitative estimate of drug-likeness (QED) is 0.911. The maximum atomic E-state index is 12.0. The van der Waals surface area contributed by atoms with E-state index in [1.54, 1.807) is 18.2 Å². The molecule has 0 saturated carbocycles. The lowest BCUT2D eigenvalue weighted by atomic mass is 10.2. The molecule has 0 radical (unpaired) electrons. The lowest BCUT2D eigenvalue weighted by Gasteiger charge is -2.30. The summed E-state index contributed by atoms with van der Waals surface area (Å²) in [5.74, 6) is -0.133. The van der Waals surface area contributed by atoms with Crippen molar-refractivity contribution in [3.05, 3.63) is 33.3 Å². The van der Waals surface area contributed by atoms with Gasteiger partial charge in [0, 0.05) is 29.7 Å². The molecule has 1 unspecified atom stereocenters. The minimum absolute atomic E-state index is 0.0496. The van der Waals surface area contributed by atoms with Crippen molar-refractivity contribution in [2.24, 2.45) is 0 Å². The first kappa shape index (κ1) is 14.8. The van der Waals surface area contributed by atoms with Gasteiger partial charge in [-0.05, 0) is 41.2 Å². The van der Waals surface area contributed by atoms with Gasteiger partial charge in [0.25, 0.3) is 5.91 Å². The van der Waals surface area contributed by atoms with Crippen LogP contribution in [0.2, 0.25) is 5.02 Å². The number of carbonyl (C=O) groups is 1. The smallest absolute Gasteiger partial charge is 0.251 e. The van der Waals surface area contributed by atoms with Gasteiger partial charge in [0.2, 0.25) is 0 Å². The summed E-state index contributed by atoms with van der Waals surface area (Å²) < 4.78 is 6.37. The summed E-state index contributed by atoms with van der Waals surface area (Å²) >= 11 is 9.27. The zero-order valence-electron chi connectivity index (χ0n) is 10.7. The highest BCUT2D eigenvalue weighted by atomic mass is 79.9. The molecule has 1 aromatic rings. The van der Waals surface area contributed by atoms with E-state index in [1.807, 2.05) is 7.05 Å². The van der Waals surface area contributed by atoms with Gasteiger partial charge < -0.3 is 15.0 Å². The average molecular weight is 348 g/mol. The number of hydrogen-bond acceptors (Lipinski definition) is 3. The molecular weight excluding hydrogens is 332 g/mol. The fourth-order valence-corrected chi connectivity index (χ4v) is 2.36. The third-order valence-electron chi connectivity index (χ3n) is 3.01. The molecule has 1 atom stereocenters. The highest BCUT2D eigenvalue weighted by molar-refractivity contribution is 9.10. The summed E-state index contributed by atoms with van der Waals surface area (Å²) in [7, 11) is 2.05. The summed E-state index contributed by atoms with van der Waals surface area (Å²) in [5, 5.41) is 3.40. The lowest BCUT2D eigenvalue weighted by Crippen LogP contribution is -2.45. The number of benzene rings is 1. The number of rotatable bonds is 3. The van der Waals surface area contributed by atoms with Gasteiger partial charge in [-0.2, -0.15) is 0 Å². The highest BCUT2D eigenvalue weighted by Gasteiger charge is 2.18. The van der Waals surface area contributed by atoms with Crippen LogP contribution < -0.4 is 5.32 Å². The van der Waals surface area contributed by atoms with Crippen LogP contribution in [0.15, 0.2) is 22.7 Å². The summed E-state index contributed by atoms with van der Waals surface area (Å²) in [4.78, 5) is 14.2. The molecule has 1 amide bonds. The molecule has 104 valence electrons. The first-order valence-electron chi connectivity index (χ1n) is 6.09. The van der Waals surface area contributed by atoms with Gasteiger partial charge in [0.1, 0.15) is 0 Å². The summed E-state index contributed by atoms with van der Waals surface area (Å²) in [5.41, 5.74) is 0.553. The van der Waals surface area contributed by atoms with Crippen molar-refractivity contribution in [1.29, 1.82) is 0 Å². The second kappa shape index (κ2) is 6.70. The molecule has 1 aromatic carbocycles. The minimum atomic E-state index is -0.133. The van der Waals surface area contributed by atoms with Crippen LogP contribution >= 0.6 is 27.5 Å². The van der Waals surface area contributed by atoms with Crippen molar-refractivity contribution in [2.45, 2.75) is 6.10 Å². The molecule has 0 spiro atoms. The third-order valence-corrected chi connectivity index (χ3v) is 4.25. The molecule has 1 heterocycles. The number of ether oxygens (including phenoxy) is 1. The molecule has 4 nitrogen and oxygen atoms in total. The molecule has 2 rings (SSSR count). The third kappa shape index (κ3) is 4.18. The SMILES string of the molecule is CN1CCOC(CNC(=O)c2ccc(Br)c(Cl)c2)C1. The van der Waals surface area contributed by atoms with E-state index >= 15 is 0 Å². The number of amides is 1. The Morgan fingerprint density at radius 2 is 2.42 bits per heavy atom. The zero-order valence-corrected chi connectivity index (χ0v) is 13.0. The Morgan fingerprint density at radius 1 is 1.63 bits per heavy atom. The van der Waals surface area contributed by atoms with Gasteiger partial charge >= 0.3 is 0 Å². The highest BCUT2D eigenvalue weighted by Crippen LogP contribution is 2.23. The largest absolute Gasteiger partial charge is 0.374 e. The number of carbonyl (C=O) groups excluding carboxylic acids is 1. The van der Waals surface area contributed by atoms with Crippen LogP contribution in [0.1, 0.15) is 10.4 Å². The Kier molecular flexibility index (Phi) is 5.21. The summed E-state index contributed by atoms with van der Waals surface area (Å²) in [6.07, 6.45) is 0.0496. The molecule has 1 saturated heterocycles. The number of halogens is 2. The minimum Gasteiger partial charge on any atom is -0.374 e. The van der Waals surface area contributed by atoms with E-state index in [0.717, 1.165) is 17.6 Å². The fourth-order valence-electron chi connectivity index (χ4n) is 1.94. The van der Waals surface area contributed by atoms with E-state index in [-0.39, 0.29) is 12.0 Å². The molecular formula is C13H16BrClN2O2. The van der Waals surface area contributed by atoms with Crippen LogP contribution in [0.3, 0.4) is 0 Å². The number of likely N-dealkylation sites (N-methyl/N-ethyl adjacent to an activating group) is 1. The van der Waals surface area contributed by atoms with Crippen molar-refractivity contribution in [3.63, 3.8) is 0 Å². The summed E-state index contributed by atoms with van der Waals surface area (Å²) in [6.45, 7) is 2.99. The Morgan fingerprint density at radius 3 is 3.11 bits per heavy atom. The monoisotopic (exact) mass is 346 g/mol. The van der Waals surface area contributed by atoms with Crippen LogP contribution in [0.4, 0.5) is 0 Å². The summed E-state index contributed by atoms with van der Waals surface area (Å²) in [6, 6.07) is 5.15. The van der Waals surface area contributed by atoms with Crippen molar-refractivity contribution >= 4 is 33.4 Å². The molecule has 1 N–H and O–H groups in total. The first-order valence-corrected chi connectivity index (χ1v) is 7.27. The predicted molar refractivity (Wildman–Crippen MR) is 78.7 cm³/mol. The molecule has 0 aromatic heterocycles. The Hall–Kier alpha value is -0.620. The van der Waals surface area contributed by atoms with E-state index in [9.17, 15) is 4.79 Å². The van der Waals surface area contributed by atoms with E-state index in [4.69, 9.17) is 16.3 Å². The second-order valence-corrected chi connectivity index (χ2v) is 5.86. The van der Waals surface area contributed by atoms with Crippen molar-refractivity contribution in [3.8, 4) is 0 Å². The molecule has 0 bridgehead atoms. The van der Waals surface area contributed by atoms with Crippen LogP contribution in [0.25, 0.3) is 0 Å². The van der Waals surface area contributed by atoms with Crippen molar-refractivity contribution < 1.29 is 9.53 Å². The molecule has 1 aliphatic rings. The maximum Gasteiger partial charge on any atom is 0.251 e. The van der Waals surface area contributed by atoms with Crippen LogP contribution in [0, 0.1) is 0 Å². The topological polar surface area (TPSA) is 41.6 Å². The van der Waals surface area contributed by atoms with Gasteiger partial charge in [-0.25, -0.2) is 0 Å². The Balaban J connectivity index is 1.88. The molecule has 6 heteroatoms. The molecule has 1 aliphatic heterocycles. The van der Waals surface area contributed by atoms with Gasteiger partial charge in [-0.15, -0.1) is 0 Å². The van der Waals surface area contributed by atoms with Crippen molar-refractivity contribution in [1.82, 2.24) is 10.2 Å². The molecule has 1 fully saturated rings. The van der Waals surface area contributed by atoms with Crippen LogP contribution in [0.5, 0.6) is 0 Å². The number of hydrogen-bond donors (Lipinski definition) is 1. The van der Waals surface area contributed by atoms with Crippen molar-refractivity contribution in [2.75, 3.05) is 33.3 Å². The number of nitrogens with one attached hydrogen (secondary N) is 1. The maximum absolute atomic E-state index is 12.0. The standard InChI is InChI=1S/C13H16BrClN2O2/c1-17-4-5-19-10(8-17)7-16-13(18)9-2-3-11(14)12(15)6-9/h2-3,6,10H,4-5,7-8H2,1H3,(H,16,18). The van der Waals surface area contributed by atoms with Crippen LogP contribution in [-0.2, 0) is 4.74 Å².